The van der Waals surface area contributed by atoms with Gasteiger partial charge in [-0.1, -0.05) is 48.0 Å². The van der Waals surface area contributed by atoms with Gasteiger partial charge in [-0.2, -0.15) is 0 Å². The van der Waals surface area contributed by atoms with Crippen LogP contribution in [-0.4, -0.2) is 6.54 Å². The Morgan fingerprint density at radius 3 is 2.71 bits per heavy atom. The fourth-order valence-electron chi connectivity index (χ4n) is 1.87. The smallest absolute Gasteiger partial charge is 0.128 e. The lowest BCUT2D eigenvalue weighted by Crippen LogP contribution is -2.15. The Labute approximate surface area is 138 Å². The lowest BCUT2D eigenvalue weighted by Gasteiger charge is -2.12. The molecule has 5 heteroatoms. The van der Waals surface area contributed by atoms with E-state index in [4.69, 9.17) is 23.2 Å². The van der Waals surface area contributed by atoms with Gasteiger partial charge in [0.05, 0.1) is 5.02 Å². The van der Waals surface area contributed by atoms with Gasteiger partial charge in [0, 0.05) is 26.9 Å². The third kappa shape index (κ3) is 4.62. The molecule has 0 radical (unpaired) electrons. The van der Waals surface area contributed by atoms with Crippen molar-refractivity contribution in [3.8, 4) is 0 Å². The minimum Gasteiger partial charge on any atom is -0.313 e. The van der Waals surface area contributed by atoms with E-state index in [-0.39, 0.29) is 5.82 Å². The van der Waals surface area contributed by atoms with Crippen LogP contribution in [0.3, 0.4) is 0 Å². The second kappa shape index (κ2) is 8.04. The first kappa shape index (κ1) is 16.6. The number of halogens is 3. The molecule has 0 spiro atoms. The Morgan fingerprint density at radius 2 is 1.95 bits per heavy atom. The number of nitrogens with one attached hydrogen (secondary N) is 1. The summed E-state index contributed by atoms with van der Waals surface area (Å²) in [7, 11) is 0. The van der Waals surface area contributed by atoms with Gasteiger partial charge in [0.25, 0.3) is 0 Å². The summed E-state index contributed by atoms with van der Waals surface area (Å²) in [5.41, 5.74) is 0.659. The summed E-state index contributed by atoms with van der Waals surface area (Å²) < 4.78 is 14.0. The van der Waals surface area contributed by atoms with Crippen molar-refractivity contribution in [1.29, 1.82) is 0 Å². The minimum atomic E-state index is -0.207. The summed E-state index contributed by atoms with van der Waals surface area (Å²) in [6.45, 7) is 3.44. The summed E-state index contributed by atoms with van der Waals surface area (Å²) in [6, 6.07) is 10.4. The average molecular weight is 344 g/mol. The van der Waals surface area contributed by atoms with Gasteiger partial charge < -0.3 is 5.32 Å². The van der Waals surface area contributed by atoms with Crippen LogP contribution < -0.4 is 5.32 Å². The van der Waals surface area contributed by atoms with Crippen LogP contribution >= 0.6 is 35.0 Å². The van der Waals surface area contributed by atoms with Crippen LogP contribution in [0.4, 0.5) is 4.39 Å². The molecule has 0 aliphatic rings. The third-order valence-corrected chi connectivity index (χ3v) is 4.75. The second-order valence-corrected chi connectivity index (χ2v) is 6.50. The van der Waals surface area contributed by atoms with Gasteiger partial charge in [-0.3, -0.25) is 0 Å². The standard InChI is InChI=1S/C16H16Cl2FNS/c1-2-8-20-10-12-14(19)4-3-5-15(12)21-16-9-11(17)6-7-13(16)18/h3-7,9,20H,2,8,10H2,1H3. The molecule has 0 atom stereocenters. The van der Waals surface area contributed by atoms with E-state index >= 15 is 0 Å². The fourth-order valence-corrected chi connectivity index (χ4v) is 3.37. The van der Waals surface area contributed by atoms with Gasteiger partial charge in [-0.05, 0) is 43.3 Å². The molecule has 2 aromatic rings. The molecular formula is C16H16Cl2FNS. The molecule has 0 fully saturated rings. The van der Waals surface area contributed by atoms with E-state index in [2.05, 4.69) is 12.2 Å². The summed E-state index contributed by atoms with van der Waals surface area (Å²) >= 11 is 13.6. The van der Waals surface area contributed by atoms with Crippen molar-refractivity contribution in [2.24, 2.45) is 0 Å². The summed E-state index contributed by atoms with van der Waals surface area (Å²) in [5, 5.41) is 4.46. The van der Waals surface area contributed by atoms with Crippen molar-refractivity contribution in [1.82, 2.24) is 5.32 Å². The van der Waals surface area contributed by atoms with E-state index in [1.54, 1.807) is 24.3 Å². The highest BCUT2D eigenvalue weighted by molar-refractivity contribution is 7.99. The molecule has 2 aromatic carbocycles. The molecule has 0 heterocycles. The van der Waals surface area contributed by atoms with Gasteiger partial charge in [0.1, 0.15) is 5.82 Å². The zero-order valence-electron chi connectivity index (χ0n) is 11.6. The van der Waals surface area contributed by atoms with E-state index in [1.165, 1.54) is 17.8 Å². The van der Waals surface area contributed by atoms with Gasteiger partial charge >= 0.3 is 0 Å². The molecule has 0 saturated carbocycles. The Hall–Kier alpha value is -0.740. The van der Waals surface area contributed by atoms with E-state index in [1.807, 2.05) is 6.07 Å². The maximum absolute atomic E-state index is 14.0. The Morgan fingerprint density at radius 1 is 1.14 bits per heavy atom. The van der Waals surface area contributed by atoms with Crippen LogP contribution in [0, 0.1) is 5.82 Å². The summed E-state index contributed by atoms with van der Waals surface area (Å²) in [5.74, 6) is -0.207. The molecule has 0 aliphatic heterocycles. The predicted molar refractivity (Wildman–Crippen MR) is 89.0 cm³/mol. The Bertz CT molecular complexity index is 619. The van der Waals surface area contributed by atoms with E-state index in [0.29, 0.717) is 22.2 Å². The van der Waals surface area contributed by atoms with Crippen LogP contribution in [0.25, 0.3) is 0 Å². The van der Waals surface area contributed by atoms with E-state index < -0.39 is 0 Å². The highest BCUT2D eigenvalue weighted by Crippen LogP contribution is 2.37. The van der Waals surface area contributed by atoms with E-state index in [9.17, 15) is 4.39 Å². The molecule has 1 N–H and O–H groups in total. The van der Waals surface area contributed by atoms with Gasteiger partial charge in [0.15, 0.2) is 0 Å². The molecule has 0 bridgehead atoms. The highest BCUT2D eigenvalue weighted by Gasteiger charge is 2.11. The number of hydrogen-bond acceptors (Lipinski definition) is 2. The predicted octanol–water partition coefficient (Wildman–Crippen LogP) is 5.78. The molecule has 2 rings (SSSR count). The SMILES string of the molecule is CCCNCc1c(F)cccc1Sc1cc(Cl)ccc1Cl. The van der Waals surface area contributed by atoms with Crippen LogP contribution in [0.15, 0.2) is 46.2 Å². The molecule has 21 heavy (non-hydrogen) atoms. The maximum atomic E-state index is 14.0. The maximum Gasteiger partial charge on any atom is 0.128 e. The number of rotatable bonds is 6. The Balaban J connectivity index is 2.26. The molecule has 0 unspecified atom stereocenters. The zero-order valence-corrected chi connectivity index (χ0v) is 14.0. The lowest BCUT2D eigenvalue weighted by atomic mass is 10.2. The summed E-state index contributed by atoms with van der Waals surface area (Å²) in [6.07, 6.45) is 1.01. The van der Waals surface area contributed by atoms with Crippen molar-refractivity contribution in [3.05, 3.63) is 57.8 Å². The molecule has 0 aromatic heterocycles. The lowest BCUT2D eigenvalue weighted by molar-refractivity contribution is 0.578. The minimum absolute atomic E-state index is 0.207. The highest BCUT2D eigenvalue weighted by atomic mass is 35.5. The third-order valence-electron chi connectivity index (χ3n) is 2.92. The first-order valence-corrected chi connectivity index (χ1v) is 8.30. The first-order chi connectivity index (χ1) is 10.1. The molecule has 112 valence electrons. The molecular weight excluding hydrogens is 328 g/mol. The van der Waals surface area contributed by atoms with Crippen molar-refractivity contribution in [2.45, 2.75) is 29.7 Å². The second-order valence-electron chi connectivity index (χ2n) is 4.57. The zero-order chi connectivity index (χ0) is 15.2. The van der Waals surface area contributed by atoms with Gasteiger partial charge in [-0.15, -0.1) is 0 Å². The van der Waals surface area contributed by atoms with Crippen LogP contribution in [0.1, 0.15) is 18.9 Å². The molecule has 0 saturated heterocycles. The molecule has 0 aliphatic carbocycles. The quantitative estimate of drug-likeness (QED) is 0.666. The first-order valence-electron chi connectivity index (χ1n) is 6.73. The molecule has 0 amide bonds. The fraction of sp³-hybridized carbons (Fsp3) is 0.250. The number of benzene rings is 2. The monoisotopic (exact) mass is 343 g/mol. The van der Waals surface area contributed by atoms with E-state index in [0.717, 1.165) is 22.8 Å². The molecule has 1 nitrogen and oxygen atoms in total. The van der Waals surface area contributed by atoms with Gasteiger partial charge in [0.2, 0.25) is 0 Å². The van der Waals surface area contributed by atoms with Crippen molar-refractivity contribution in [2.75, 3.05) is 6.54 Å². The van der Waals surface area contributed by atoms with Crippen molar-refractivity contribution in [3.63, 3.8) is 0 Å². The van der Waals surface area contributed by atoms with Crippen LogP contribution in [0.2, 0.25) is 10.0 Å². The average Bonchev–Trinajstić information content (AvgIpc) is 2.46. The normalized spacial score (nSPS) is 10.9. The van der Waals surface area contributed by atoms with Gasteiger partial charge in [-0.25, -0.2) is 4.39 Å². The van der Waals surface area contributed by atoms with Crippen molar-refractivity contribution >= 4 is 35.0 Å². The largest absolute Gasteiger partial charge is 0.313 e. The van der Waals surface area contributed by atoms with Crippen LogP contribution in [-0.2, 0) is 6.54 Å². The Kier molecular flexibility index (Phi) is 6.37. The van der Waals surface area contributed by atoms with Crippen molar-refractivity contribution < 1.29 is 4.39 Å². The number of hydrogen-bond donors (Lipinski definition) is 1. The summed E-state index contributed by atoms with van der Waals surface area (Å²) in [4.78, 5) is 1.68. The van der Waals surface area contributed by atoms with Crippen LogP contribution in [0.5, 0.6) is 0 Å². The topological polar surface area (TPSA) is 12.0 Å².